The van der Waals surface area contributed by atoms with Crippen molar-refractivity contribution in [2.24, 2.45) is 0 Å². The van der Waals surface area contributed by atoms with Crippen LogP contribution in [0.5, 0.6) is 0 Å². The number of para-hydroxylation sites is 1. The first-order valence-corrected chi connectivity index (χ1v) is 5.10. The molecule has 0 bridgehead atoms. The van der Waals surface area contributed by atoms with E-state index in [1.165, 1.54) is 6.92 Å². The van der Waals surface area contributed by atoms with Gasteiger partial charge in [-0.2, -0.15) is 0 Å². The summed E-state index contributed by atoms with van der Waals surface area (Å²) < 4.78 is 0. The summed E-state index contributed by atoms with van der Waals surface area (Å²) in [5, 5.41) is 2.70. The van der Waals surface area contributed by atoms with Crippen molar-refractivity contribution in [3.63, 3.8) is 0 Å². The highest BCUT2D eigenvalue weighted by molar-refractivity contribution is 5.84. The van der Waals surface area contributed by atoms with Crippen molar-refractivity contribution in [2.75, 3.05) is 6.54 Å². The molecule has 0 saturated heterocycles. The number of rotatable bonds is 3. The largest absolute Gasteiger partial charge is 0.353 e. The Morgan fingerprint density at radius 3 is 3.25 bits per heavy atom. The number of carbonyl (C=O) groups excluding carboxylic acids is 1. The van der Waals surface area contributed by atoms with Crippen molar-refractivity contribution in [1.82, 2.24) is 15.3 Å². The summed E-state index contributed by atoms with van der Waals surface area (Å²) >= 11 is 0. The minimum atomic E-state index is -0.0253. The van der Waals surface area contributed by atoms with Gasteiger partial charge in [-0.3, -0.25) is 4.79 Å². The van der Waals surface area contributed by atoms with Crippen LogP contribution in [-0.2, 0) is 4.79 Å². The molecule has 0 atom stereocenters. The number of fused-ring (bicyclic) bond motifs is 1. The Morgan fingerprint density at radius 1 is 1.56 bits per heavy atom. The predicted molar refractivity (Wildman–Crippen MR) is 63.8 cm³/mol. The maximum atomic E-state index is 10.7. The number of nitrogens with one attached hydrogen (secondary N) is 2. The molecule has 4 heteroatoms. The molecular weight excluding hydrogens is 202 g/mol. The first-order chi connectivity index (χ1) is 7.77. The summed E-state index contributed by atoms with van der Waals surface area (Å²) in [6.45, 7) is 2.04. The number of nitrogens with zero attached hydrogens (tertiary/aromatic N) is 1. The van der Waals surface area contributed by atoms with Crippen LogP contribution in [0.3, 0.4) is 0 Å². The van der Waals surface area contributed by atoms with Crippen LogP contribution in [0.2, 0.25) is 0 Å². The first-order valence-electron chi connectivity index (χ1n) is 5.10. The molecule has 0 spiro atoms. The summed E-state index contributed by atoms with van der Waals surface area (Å²) in [5.74, 6) is -0.0253. The number of aromatic amines is 1. The van der Waals surface area contributed by atoms with Gasteiger partial charge in [-0.05, 0) is 6.07 Å². The van der Waals surface area contributed by atoms with Crippen LogP contribution in [0.1, 0.15) is 12.5 Å². The minimum Gasteiger partial charge on any atom is -0.353 e. The lowest BCUT2D eigenvalue weighted by Gasteiger charge is -1.96. The zero-order valence-electron chi connectivity index (χ0n) is 9.03. The molecule has 0 radical (unpaired) electrons. The summed E-state index contributed by atoms with van der Waals surface area (Å²) in [5.41, 5.74) is 3.01. The van der Waals surface area contributed by atoms with Gasteiger partial charge in [-0.1, -0.05) is 24.3 Å². The van der Waals surface area contributed by atoms with E-state index in [0.29, 0.717) is 6.54 Å². The minimum absolute atomic E-state index is 0.0253. The molecule has 0 aliphatic carbocycles. The van der Waals surface area contributed by atoms with E-state index in [0.717, 1.165) is 16.6 Å². The lowest BCUT2D eigenvalue weighted by atomic mass is 10.1. The van der Waals surface area contributed by atoms with Gasteiger partial charge in [0.25, 0.3) is 0 Å². The Morgan fingerprint density at radius 2 is 2.44 bits per heavy atom. The van der Waals surface area contributed by atoms with Gasteiger partial charge in [0, 0.05) is 19.0 Å². The van der Waals surface area contributed by atoms with Gasteiger partial charge in [-0.15, -0.1) is 0 Å². The molecule has 0 aliphatic heterocycles. The van der Waals surface area contributed by atoms with Crippen LogP contribution in [0.25, 0.3) is 17.1 Å². The normalized spacial score (nSPS) is 11.1. The van der Waals surface area contributed by atoms with Crippen molar-refractivity contribution in [1.29, 1.82) is 0 Å². The molecular formula is C12H13N3O. The molecule has 1 aromatic carbocycles. The highest BCUT2D eigenvalue weighted by atomic mass is 16.1. The van der Waals surface area contributed by atoms with Crippen molar-refractivity contribution in [2.45, 2.75) is 6.92 Å². The summed E-state index contributed by atoms with van der Waals surface area (Å²) in [6, 6.07) is 5.94. The Hall–Kier alpha value is -2.10. The molecule has 82 valence electrons. The predicted octanol–water partition coefficient (Wildman–Crippen LogP) is 1.71. The third-order valence-electron chi connectivity index (χ3n) is 2.25. The fourth-order valence-electron chi connectivity index (χ4n) is 1.51. The number of imidazole rings is 1. The number of carbonyl (C=O) groups is 1. The zero-order valence-corrected chi connectivity index (χ0v) is 9.03. The monoisotopic (exact) mass is 215 g/mol. The Balaban J connectivity index is 2.14. The second-order valence-corrected chi connectivity index (χ2v) is 3.49. The van der Waals surface area contributed by atoms with Crippen molar-refractivity contribution >= 4 is 23.0 Å². The molecule has 2 N–H and O–H groups in total. The lowest BCUT2D eigenvalue weighted by molar-refractivity contribution is -0.118. The maximum Gasteiger partial charge on any atom is 0.217 e. The third-order valence-corrected chi connectivity index (χ3v) is 2.25. The van der Waals surface area contributed by atoms with Gasteiger partial charge in [0.2, 0.25) is 5.91 Å². The Labute approximate surface area is 93.4 Å². The van der Waals surface area contributed by atoms with Crippen LogP contribution in [0.15, 0.2) is 30.6 Å². The SMILES string of the molecule is CC(=O)NCC=Cc1cccc2[nH]cnc12. The van der Waals surface area contributed by atoms with E-state index < -0.39 is 0 Å². The van der Waals surface area contributed by atoms with E-state index in [2.05, 4.69) is 15.3 Å². The zero-order chi connectivity index (χ0) is 11.4. The number of amides is 1. The van der Waals surface area contributed by atoms with Gasteiger partial charge < -0.3 is 10.3 Å². The average molecular weight is 215 g/mol. The maximum absolute atomic E-state index is 10.7. The Kier molecular flexibility index (Phi) is 3.00. The van der Waals surface area contributed by atoms with Crippen LogP contribution in [0, 0.1) is 0 Å². The number of hydrogen-bond acceptors (Lipinski definition) is 2. The van der Waals surface area contributed by atoms with Crippen molar-refractivity contribution < 1.29 is 4.79 Å². The van der Waals surface area contributed by atoms with E-state index >= 15 is 0 Å². The molecule has 0 saturated carbocycles. The topological polar surface area (TPSA) is 57.8 Å². The quantitative estimate of drug-likeness (QED) is 0.818. The molecule has 16 heavy (non-hydrogen) atoms. The number of hydrogen-bond donors (Lipinski definition) is 2. The molecule has 0 fully saturated rings. The number of benzene rings is 1. The van der Waals surface area contributed by atoms with Crippen LogP contribution >= 0.6 is 0 Å². The van der Waals surface area contributed by atoms with E-state index in [-0.39, 0.29) is 5.91 Å². The average Bonchev–Trinajstić information content (AvgIpc) is 2.72. The fraction of sp³-hybridized carbons (Fsp3) is 0.167. The summed E-state index contributed by atoms with van der Waals surface area (Å²) in [7, 11) is 0. The molecule has 4 nitrogen and oxygen atoms in total. The van der Waals surface area contributed by atoms with Crippen LogP contribution in [-0.4, -0.2) is 22.4 Å². The highest BCUT2D eigenvalue weighted by Crippen LogP contribution is 2.15. The lowest BCUT2D eigenvalue weighted by Crippen LogP contribution is -2.19. The fourth-order valence-corrected chi connectivity index (χ4v) is 1.51. The van der Waals surface area contributed by atoms with Gasteiger partial charge in [0.1, 0.15) is 0 Å². The second kappa shape index (κ2) is 4.61. The van der Waals surface area contributed by atoms with Crippen molar-refractivity contribution in [3.05, 3.63) is 36.2 Å². The third kappa shape index (κ3) is 2.28. The van der Waals surface area contributed by atoms with Crippen LogP contribution < -0.4 is 5.32 Å². The molecule has 1 amide bonds. The highest BCUT2D eigenvalue weighted by Gasteiger charge is 1.98. The van der Waals surface area contributed by atoms with E-state index in [9.17, 15) is 4.79 Å². The van der Waals surface area contributed by atoms with Crippen molar-refractivity contribution in [3.8, 4) is 0 Å². The smallest absolute Gasteiger partial charge is 0.217 e. The Bertz CT molecular complexity index is 528. The molecule has 1 heterocycles. The van der Waals surface area contributed by atoms with Gasteiger partial charge in [0.15, 0.2) is 0 Å². The van der Waals surface area contributed by atoms with E-state index in [1.807, 2.05) is 30.4 Å². The van der Waals surface area contributed by atoms with Crippen LogP contribution in [0.4, 0.5) is 0 Å². The molecule has 2 rings (SSSR count). The second-order valence-electron chi connectivity index (χ2n) is 3.49. The first kappa shape index (κ1) is 10.4. The van der Waals surface area contributed by atoms with E-state index in [1.54, 1.807) is 6.33 Å². The molecule has 0 aliphatic rings. The van der Waals surface area contributed by atoms with Gasteiger partial charge >= 0.3 is 0 Å². The summed E-state index contributed by atoms with van der Waals surface area (Å²) in [4.78, 5) is 18.0. The number of aromatic nitrogens is 2. The molecule has 1 aromatic heterocycles. The molecule has 0 unspecified atom stereocenters. The van der Waals surface area contributed by atoms with Gasteiger partial charge in [0.05, 0.1) is 17.4 Å². The molecule has 2 aromatic rings. The number of H-pyrrole nitrogens is 1. The standard InChI is InChI=1S/C12H13N3O/c1-9(16)13-7-3-5-10-4-2-6-11-12(10)15-8-14-11/h2-6,8H,7H2,1H3,(H,13,16)(H,14,15). The van der Waals surface area contributed by atoms with E-state index in [4.69, 9.17) is 0 Å². The summed E-state index contributed by atoms with van der Waals surface area (Å²) in [6.07, 6.45) is 5.54. The van der Waals surface area contributed by atoms with Gasteiger partial charge in [-0.25, -0.2) is 4.98 Å².